The van der Waals surface area contributed by atoms with E-state index in [4.69, 9.17) is 4.74 Å². The van der Waals surface area contributed by atoms with Crippen LogP contribution in [-0.2, 0) is 19.6 Å². The Morgan fingerprint density at radius 3 is 2.79 bits per heavy atom. The van der Waals surface area contributed by atoms with Gasteiger partial charge in [-0.15, -0.1) is 12.4 Å². The van der Waals surface area contributed by atoms with Crippen molar-refractivity contribution in [3.8, 4) is 0 Å². The summed E-state index contributed by atoms with van der Waals surface area (Å²) in [7, 11) is -3.34. The summed E-state index contributed by atoms with van der Waals surface area (Å²) in [5.74, 6) is -0.0710. The Hall–Kier alpha value is -1.35. The van der Waals surface area contributed by atoms with Crippen LogP contribution >= 0.6 is 12.4 Å². The molecule has 0 saturated carbocycles. The Morgan fingerprint density at radius 2 is 2.12 bits per heavy atom. The van der Waals surface area contributed by atoms with E-state index in [1.54, 1.807) is 31.2 Å². The average molecular weight is 378 g/mol. The fourth-order valence-electron chi connectivity index (χ4n) is 2.35. The van der Waals surface area contributed by atoms with Crippen LogP contribution in [0.25, 0.3) is 0 Å². The zero-order chi connectivity index (χ0) is 16.7. The molecule has 0 radical (unpaired) electrons. The van der Waals surface area contributed by atoms with Crippen LogP contribution < -0.4 is 15.4 Å². The molecule has 2 rings (SSSR count). The van der Waals surface area contributed by atoms with Gasteiger partial charge in [-0.05, 0) is 24.6 Å². The predicted molar refractivity (Wildman–Crippen MR) is 97.2 cm³/mol. The number of hydrogen-bond acceptors (Lipinski definition) is 5. The number of sulfonamides is 1. The fraction of sp³-hybridized carbons (Fsp3) is 0.533. The Balaban J connectivity index is 0.00000288. The zero-order valence-electron chi connectivity index (χ0n) is 13.6. The lowest BCUT2D eigenvalue weighted by Crippen LogP contribution is -2.43. The van der Waals surface area contributed by atoms with Crippen LogP contribution in [0.1, 0.15) is 19.8 Å². The van der Waals surface area contributed by atoms with Crippen LogP contribution in [0, 0.1) is 0 Å². The summed E-state index contributed by atoms with van der Waals surface area (Å²) < 4.78 is 31.4. The molecule has 1 heterocycles. The van der Waals surface area contributed by atoms with E-state index in [1.807, 2.05) is 0 Å². The Morgan fingerprint density at radius 1 is 1.38 bits per heavy atom. The predicted octanol–water partition coefficient (Wildman–Crippen LogP) is 1.58. The van der Waals surface area contributed by atoms with Crippen molar-refractivity contribution in [2.45, 2.75) is 25.8 Å². The van der Waals surface area contributed by atoms with Crippen molar-refractivity contribution in [1.29, 1.82) is 0 Å². The second-order valence-electron chi connectivity index (χ2n) is 5.48. The van der Waals surface area contributed by atoms with Crippen molar-refractivity contribution < 1.29 is 17.9 Å². The van der Waals surface area contributed by atoms with Gasteiger partial charge < -0.3 is 15.4 Å². The van der Waals surface area contributed by atoms with E-state index in [-0.39, 0.29) is 30.1 Å². The summed E-state index contributed by atoms with van der Waals surface area (Å²) in [5.41, 5.74) is 0.999. The largest absolute Gasteiger partial charge is 0.378 e. The highest BCUT2D eigenvalue weighted by molar-refractivity contribution is 7.92. The van der Waals surface area contributed by atoms with E-state index >= 15 is 0 Å². The molecule has 1 aliphatic heterocycles. The van der Waals surface area contributed by atoms with E-state index in [0.29, 0.717) is 37.4 Å². The molecular formula is C15H24ClN3O4S. The van der Waals surface area contributed by atoms with E-state index < -0.39 is 10.0 Å². The molecule has 0 aromatic heterocycles. The third-order valence-electron chi connectivity index (χ3n) is 3.32. The van der Waals surface area contributed by atoms with Gasteiger partial charge in [0.2, 0.25) is 15.9 Å². The van der Waals surface area contributed by atoms with Crippen molar-refractivity contribution >= 4 is 39.7 Å². The third kappa shape index (κ3) is 7.04. The summed E-state index contributed by atoms with van der Waals surface area (Å²) >= 11 is 0. The summed E-state index contributed by atoms with van der Waals surface area (Å²) in [5, 5.41) is 5.99. The Kier molecular flexibility index (Phi) is 8.47. The van der Waals surface area contributed by atoms with Gasteiger partial charge in [0.25, 0.3) is 0 Å². The highest BCUT2D eigenvalue weighted by Gasteiger charge is 2.17. The first-order valence-corrected chi connectivity index (χ1v) is 9.35. The standard InChI is InChI=1S/C15H23N3O4S.ClH/c1-2-8-23(20,21)18-13-5-3-4-12(9-13)17-15(19)10-14-11-22-7-6-16-14;/h3-5,9,14,16,18H,2,6-8,10-11H2,1H3,(H,17,19);1H. The van der Waals surface area contributed by atoms with E-state index in [9.17, 15) is 13.2 Å². The molecule has 9 heteroatoms. The van der Waals surface area contributed by atoms with Gasteiger partial charge in [0.15, 0.2) is 0 Å². The van der Waals surface area contributed by atoms with E-state index in [2.05, 4.69) is 15.4 Å². The number of carbonyl (C=O) groups excluding carboxylic acids is 1. The van der Waals surface area contributed by atoms with Crippen LogP contribution in [-0.4, -0.2) is 45.9 Å². The van der Waals surface area contributed by atoms with Crippen LogP contribution in [0.5, 0.6) is 0 Å². The molecule has 0 spiro atoms. The lowest BCUT2D eigenvalue weighted by Gasteiger charge is -2.23. The van der Waals surface area contributed by atoms with Gasteiger partial charge in [0, 0.05) is 24.7 Å². The molecule has 1 saturated heterocycles. The molecule has 1 aromatic carbocycles. The lowest BCUT2D eigenvalue weighted by molar-refractivity contribution is -0.117. The minimum absolute atomic E-state index is 0. The van der Waals surface area contributed by atoms with Gasteiger partial charge in [-0.3, -0.25) is 9.52 Å². The molecule has 1 atom stereocenters. The van der Waals surface area contributed by atoms with Gasteiger partial charge in [-0.1, -0.05) is 13.0 Å². The second kappa shape index (κ2) is 9.83. The molecule has 3 N–H and O–H groups in total. The normalized spacial score (nSPS) is 17.6. The first-order chi connectivity index (χ1) is 11.0. The highest BCUT2D eigenvalue weighted by Crippen LogP contribution is 2.17. The zero-order valence-corrected chi connectivity index (χ0v) is 15.2. The highest BCUT2D eigenvalue weighted by atomic mass is 35.5. The van der Waals surface area contributed by atoms with Gasteiger partial charge in [0.1, 0.15) is 0 Å². The molecule has 0 bridgehead atoms. The molecule has 1 aromatic rings. The number of ether oxygens (including phenoxy) is 1. The van der Waals surface area contributed by atoms with Crippen LogP contribution in [0.15, 0.2) is 24.3 Å². The number of carbonyl (C=O) groups is 1. The number of anilines is 2. The molecule has 1 aliphatic rings. The maximum Gasteiger partial charge on any atom is 0.232 e. The van der Waals surface area contributed by atoms with Crippen molar-refractivity contribution in [2.75, 3.05) is 35.6 Å². The number of rotatable bonds is 7. The first-order valence-electron chi connectivity index (χ1n) is 7.70. The van der Waals surface area contributed by atoms with Gasteiger partial charge >= 0.3 is 0 Å². The Labute approximate surface area is 149 Å². The average Bonchev–Trinajstić information content (AvgIpc) is 2.47. The third-order valence-corrected chi connectivity index (χ3v) is 4.82. The number of hydrogen-bond donors (Lipinski definition) is 3. The molecule has 7 nitrogen and oxygen atoms in total. The molecule has 1 fully saturated rings. The topological polar surface area (TPSA) is 96.5 Å². The minimum atomic E-state index is -3.34. The molecule has 1 unspecified atom stereocenters. The molecule has 136 valence electrons. The smallest absolute Gasteiger partial charge is 0.232 e. The van der Waals surface area contributed by atoms with Crippen LogP contribution in [0.2, 0.25) is 0 Å². The Bertz CT molecular complexity index is 633. The van der Waals surface area contributed by atoms with E-state index in [0.717, 1.165) is 6.54 Å². The van der Waals surface area contributed by atoms with Crippen LogP contribution in [0.3, 0.4) is 0 Å². The molecule has 0 aliphatic carbocycles. The SMILES string of the molecule is CCCS(=O)(=O)Nc1cccc(NC(=O)CC2COCCN2)c1.Cl. The number of benzene rings is 1. The lowest BCUT2D eigenvalue weighted by atomic mass is 10.2. The van der Waals surface area contributed by atoms with Crippen molar-refractivity contribution in [3.05, 3.63) is 24.3 Å². The summed E-state index contributed by atoms with van der Waals surface area (Å²) in [4.78, 5) is 12.0. The number of morpholine rings is 1. The van der Waals surface area contributed by atoms with Crippen molar-refractivity contribution in [2.24, 2.45) is 0 Å². The summed E-state index contributed by atoms with van der Waals surface area (Å²) in [6.07, 6.45) is 0.855. The summed E-state index contributed by atoms with van der Waals surface area (Å²) in [6.45, 7) is 3.73. The second-order valence-corrected chi connectivity index (χ2v) is 7.32. The monoisotopic (exact) mass is 377 g/mol. The molecular weight excluding hydrogens is 354 g/mol. The molecule has 24 heavy (non-hydrogen) atoms. The minimum Gasteiger partial charge on any atom is -0.378 e. The van der Waals surface area contributed by atoms with Gasteiger partial charge in [-0.2, -0.15) is 0 Å². The molecule has 1 amide bonds. The number of halogens is 1. The summed E-state index contributed by atoms with van der Waals surface area (Å²) in [6, 6.07) is 6.69. The first kappa shape index (κ1) is 20.7. The van der Waals surface area contributed by atoms with Gasteiger partial charge in [0.05, 0.1) is 24.7 Å². The van der Waals surface area contributed by atoms with Crippen molar-refractivity contribution in [3.63, 3.8) is 0 Å². The fourth-order valence-corrected chi connectivity index (χ4v) is 3.47. The van der Waals surface area contributed by atoms with Crippen LogP contribution in [0.4, 0.5) is 11.4 Å². The maximum atomic E-state index is 12.0. The number of amides is 1. The van der Waals surface area contributed by atoms with Crippen molar-refractivity contribution in [1.82, 2.24) is 5.32 Å². The quantitative estimate of drug-likeness (QED) is 0.670. The van der Waals surface area contributed by atoms with Gasteiger partial charge in [-0.25, -0.2) is 8.42 Å². The van der Waals surface area contributed by atoms with E-state index in [1.165, 1.54) is 0 Å². The number of nitrogens with one attached hydrogen (secondary N) is 3. The maximum absolute atomic E-state index is 12.0.